The Hall–Kier alpha value is -1.31. The van der Waals surface area contributed by atoms with Crippen molar-refractivity contribution in [3.05, 3.63) is 0 Å². The van der Waals surface area contributed by atoms with Gasteiger partial charge in [0, 0.05) is 19.6 Å². The van der Waals surface area contributed by atoms with E-state index >= 15 is 0 Å². The second-order valence-electron chi connectivity index (χ2n) is 5.64. The van der Waals surface area contributed by atoms with E-state index in [0.29, 0.717) is 19.4 Å². The minimum Gasteiger partial charge on any atom is -0.312 e. The van der Waals surface area contributed by atoms with Crippen LogP contribution >= 0.6 is 0 Å². The number of hydrogen-bond acceptors (Lipinski definition) is 3. The lowest BCUT2D eigenvalue weighted by Crippen LogP contribution is -2.44. The van der Waals surface area contributed by atoms with Crippen molar-refractivity contribution < 1.29 is 22.8 Å². The van der Waals surface area contributed by atoms with E-state index in [4.69, 9.17) is 0 Å². The van der Waals surface area contributed by atoms with Crippen LogP contribution in [0.2, 0.25) is 0 Å². The molecule has 8 heteroatoms. The molecule has 0 unspecified atom stereocenters. The zero-order valence-electron chi connectivity index (χ0n) is 10.9. The summed E-state index contributed by atoms with van der Waals surface area (Å²) in [6.45, 7) is -0.0129. The van der Waals surface area contributed by atoms with Crippen LogP contribution in [-0.2, 0) is 4.79 Å². The Labute approximate surface area is 114 Å². The molecule has 2 atom stereocenters. The first-order valence-corrected chi connectivity index (χ1v) is 6.79. The van der Waals surface area contributed by atoms with E-state index in [2.05, 4.69) is 0 Å². The predicted octanol–water partition coefficient (Wildman–Crippen LogP) is 1.05. The number of amides is 3. The molecule has 0 bridgehead atoms. The monoisotopic (exact) mass is 291 g/mol. The van der Waals surface area contributed by atoms with Gasteiger partial charge in [0.15, 0.2) is 0 Å². The van der Waals surface area contributed by atoms with Crippen LogP contribution < -0.4 is 0 Å². The topological polar surface area (TPSA) is 43.9 Å². The molecular formula is C12H16F3N3O2. The number of nitrogens with zero attached hydrogens (tertiary/aromatic N) is 3. The average molecular weight is 291 g/mol. The maximum Gasteiger partial charge on any atom is 0.401 e. The van der Waals surface area contributed by atoms with E-state index in [1.165, 1.54) is 9.80 Å². The SMILES string of the molecule is O=C1[C@H]2CCCN2C(=O)N1[C@@H]1CCN(CC(F)(F)F)C1. The third-order valence-electron chi connectivity index (χ3n) is 4.24. The summed E-state index contributed by atoms with van der Waals surface area (Å²) in [4.78, 5) is 28.4. The van der Waals surface area contributed by atoms with Crippen molar-refractivity contribution in [2.45, 2.75) is 37.5 Å². The molecule has 3 heterocycles. The van der Waals surface area contributed by atoms with Gasteiger partial charge in [-0.25, -0.2) is 4.79 Å². The van der Waals surface area contributed by atoms with Gasteiger partial charge in [0.1, 0.15) is 6.04 Å². The van der Waals surface area contributed by atoms with E-state index in [-0.39, 0.29) is 31.1 Å². The van der Waals surface area contributed by atoms with Crippen LogP contribution in [0, 0.1) is 0 Å². The highest BCUT2D eigenvalue weighted by Crippen LogP contribution is 2.31. The van der Waals surface area contributed by atoms with Crippen molar-refractivity contribution in [2.24, 2.45) is 0 Å². The minimum atomic E-state index is -4.24. The molecule has 0 N–H and O–H groups in total. The molecule has 0 aromatic carbocycles. The van der Waals surface area contributed by atoms with Crippen LogP contribution in [0.3, 0.4) is 0 Å². The lowest BCUT2D eigenvalue weighted by molar-refractivity contribution is -0.143. The number of fused-ring (bicyclic) bond motifs is 1. The average Bonchev–Trinajstić information content (AvgIpc) is 2.98. The highest BCUT2D eigenvalue weighted by molar-refractivity contribution is 6.05. The second kappa shape index (κ2) is 4.61. The quantitative estimate of drug-likeness (QED) is 0.714. The van der Waals surface area contributed by atoms with Gasteiger partial charge in [0.05, 0.1) is 12.6 Å². The molecule has 20 heavy (non-hydrogen) atoms. The van der Waals surface area contributed by atoms with Gasteiger partial charge in [0.2, 0.25) is 0 Å². The maximum absolute atomic E-state index is 12.4. The summed E-state index contributed by atoms with van der Waals surface area (Å²) in [6.07, 6.45) is -2.33. The molecule has 0 spiro atoms. The van der Waals surface area contributed by atoms with Crippen LogP contribution in [0.5, 0.6) is 0 Å². The van der Waals surface area contributed by atoms with Crippen molar-refractivity contribution in [1.82, 2.24) is 14.7 Å². The minimum absolute atomic E-state index is 0.123. The summed E-state index contributed by atoms with van der Waals surface area (Å²) in [5, 5.41) is 0. The van der Waals surface area contributed by atoms with Gasteiger partial charge < -0.3 is 4.90 Å². The number of alkyl halides is 3. The Morgan fingerprint density at radius 1 is 1.15 bits per heavy atom. The summed E-state index contributed by atoms with van der Waals surface area (Å²) in [5.41, 5.74) is 0. The number of halogens is 3. The molecule has 3 rings (SSSR count). The maximum atomic E-state index is 12.4. The molecule has 3 aliphatic rings. The van der Waals surface area contributed by atoms with Gasteiger partial charge in [-0.2, -0.15) is 13.2 Å². The Morgan fingerprint density at radius 3 is 2.55 bits per heavy atom. The predicted molar refractivity (Wildman–Crippen MR) is 62.9 cm³/mol. The summed E-state index contributed by atoms with van der Waals surface area (Å²) in [7, 11) is 0. The van der Waals surface area contributed by atoms with Crippen LogP contribution in [0.15, 0.2) is 0 Å². The van der Waals surface area contributed by atoms with E-state index in [9.17, 15) is 22.8 Å². The third kappa shape index (κ3) is 2.25. The van der Waals surface area contributed by atoms with Crippen molar-refractivity contribution in [3.8, 4) is 0 Å². The first kappa shape index (κ1) is 13.7. The molecule has 0 aromatic heterocycles. The van der Waals surface area contributed by atoms with Crippen LogP contribution in [0.4, 0.5) is 18.0 Å². The molecule has 0 radical (unpaired) electrons. The summed E-state index contributed by atoms with van der Waals surface area (Å²) in [6, 6.07) is -1.11. The number of hydrogen-bond donors (Lipinski definition) is 0. The number of urea groups is 1. The molecule has 5 nitrogen and oxygen atoms in total. The first-order valence-electron chi connectivity index (χ1n) is 6.79. The van der Waals surface area contributed by atoms with Gasteiger partial charge in [0.25, 0.3) is 5.91 Å². The van der Waals surface area contributed by atoms with E-state index < -0.39 is 18.8 Å². The molecule has 3 aliphatic heterocycles. The number of rotatable bonds is 2. The van der Waals surface area contributed by atoms with E-state index in [1.807, 2.05) is 0 Å². The molecule has 3 amide bonds. The zero-order valence-corrected chi connectivity index (χ0v) is 10.9. The number of imide groups is 1. The second-order valence-corrected chi connectivity index (χ2v) is 5.64. The van der Waals surface area contributed by atoms with E-state index in [1.54, 1.807) is 4.90 Å². The lowest BCUT2D eigenvalue weighted by atomic mass is 10.2. The van der Waals surface area contributed by atoms with Crippen molar-refractivity contribution in [3.63, 3.8) is 0 Å². The summed E-state index contributed by atoms with van der Waals surface area (Å²) < 4.78 is 37.1. The fraction of sp³-hybridized carbons (Fsp3) is 0.833. The molecular weight excluding hydrogens is 275 g/mol. The molecule has 3 fully saturated rings. The molecule has 0 aromatic rings. The largest absolute Gasteiger partial charge is 0.401 e. The summed E-state index contributed by atoms with van der Waals surface area (Å²) in [5.74, 6) is -0.230. The first-order chi connectivity index (χ1) is 9.37. The van der Waals surface area contributed by atoms with Crippen molar-refractivity contribution >= 4 is 11.9 Å². The van der Waals surface area contributed by atoms with Crippen LogP contribution in [0.1, 0.15) is 19.3 Å². The standard InChI is InChI=1S/C12H16F3N3O2/c13-12(14,15)7-16-5-3-8(6-16)18-10(19)9-2-1-4-17(9)11(18)20/h8-9H,1-7H2/t8-,9-/m1/s1. The Balaban J connectivity index is 1.66. The normalized spacial score (nSPS) is 31.6. The molecule has 112 valence electrons. The Morgan fingerprint density at radius 2 is 1.90 bits per heavy atom. The number of carbonyl (C=O) groups is 2. The van der Waals surface area contributed by atoms with Crippen molar-refractivity contribution in [2.75, 3.05) is 26.2 Å². The van der Waals surface area contributed by atoms with E-state index in [0.717, 1.165) is 6.42 Å². The van der Waals surface area contributed by atoms with Gasteiger partial charge in [-0.05, 0) is 19.3 Å². The Bertz CT molecular complexity index is 418. The highest BCUT2D eigenvalue weighted by atomic mass is 19.4. The third-order valence-corrected chi connectivity index (χ3v) is 4.24. The van der Waals surface area contributed by atoms with Gasteiger partial charge in [-0.3, -0.25) is 14.6 Å². The Kier molecular flexibility index (Phi) is 3.15. The van der Waals surface area contributed by atoms with Crippen molar-refractivity contribution in [1.29, 1.82) is 0 Å². The van der Waals surface area contributed by atoms with Gasteiger partial charge in [-0.1, -0.05) is 0 Å². The molecule has 0 saturated carbocycles. The zero-order chi connectivity index (χ0) is 14.5. The van der Waals surface area contributed by atoms with Gasteiger partial charge >= 0.3 is 12.2 Å². The van der Waals surface area contributed by atoms with Gasteiger partial charge in [-0.15, -0.1) is 0 Å². The smallest absolute Gasteiger partial charge is 0.312 e. The molecule has 0 aliphatic carbocycles. The number of carbonyl (C=O) groups excluding carboxylic acids is 2. The van der Waals surface area contributed by atoms with Crippen LogP contribution in [0.25, 0.3) is 0 Å². The summed E-state index contributed by atoms with van der Waals surface area (Å²) >= 11 is 0. The van der Waals surface area contributed by atoms with Crippen LogP contribution in [-0.4, -0.2) is 71.1 Å². The fourth-order valence-corrected chi connectivity index (χ4v) is 3.40. The molecule has 3 saturated heterocycles. The highest BCUT2D eigenvalue weighted by Gasteiger charge is 2.51. The lowest BCUT2D eigenvalue weighted by Gasteiger charge is -2.23. The fourth-order valence-electron chi connectivity index (χ4n) is 3.40. The number of likely N-dealkylation sites (tertiary alicyclic amines) is 1.